The van der Waals surface area contributed by atoms with Crippen LogP contribution in [0.1, 0.15) is 11.7 Å². The van der Waals surface area contributed by atoms with Gasteiger partial charge in [-0.05, 0) is 0 Å². The van der Waals surface area contributed by atoms with Crippen LogP contribution in [0.4, 0.5) is 0 Å². The molecule has 3 heteroatoms. The summed E-state index contributed by atoms with van der Waals surface area (Å²) in [5.41, 5.74) is 1.17. The summed E-state index contributed by atoms with van der Waals surface area (Å²) >= 11 is 0.220. The van der Waals surface area contributed by atoms with Crippen LogP contribution in [-0.4, -0.2) is 32.8 Å². The Balaban J connectivity index is 1.81. The zero-order valence-corrected chi connectivity index (χ0v) is 12.2. The van der Waals surface area contributed by atoms with Crippen LogP contribution in [0.25, 0.3) is 0 Å². The molecule has 1 fully saturated rings. The SMILES string of the molecule is O[C@@H]1CO[C@@H](c2ccccc2)[C@@H]1[Se]c1ccccc1. The molecule has 2 aromatic rings. The average Bonchev–Trinajstić information content (AvgIpc) is 2.82. The summed E-state index contributed by atoms with van der Waals surface area (Å²) in [6.07, 6.45) is -0.332. The molecule has 0 radical (unpaired) electrons. The van der Waals surface area contributed by atoms with E-state index in [9.17, 15) is 5.11 Å². The van der Waals surface area contributed by atoms with Crippen molar-refractivity contribution in [1.29, 1.82) is 0 Å². The second kappa shape index (κ2) is 5.89. The molecule has 0 aromatic heterocycles. The Morgan fingerprint density at radius 2 is 1.58 bits per heavy atom. The van der Waals surface area contributed by atoms with Crippen molar-refractivity contribution in [3.63, 3.8) is 0 Å². The first-order chi connectivity index (χ1) is 9.34. The second-order valence-corrected chi connectivity index (χ2v) is 7.25. The van der Waals surface area contributed by atoms with Crippen molar-refractivity contribution >= 4 is 19.4 Å². The van der Waals surface area contributed by atoms with Gasteiger partial charge >= 0.3 is 119 Å². The van der Waals surface area contributed by atoms with Crippen molar-refractivity contribution in [2.24, 2.45) is 0 Å². The maximum absolute atomic E-state index is 10.2. The van der Waals surface area contributed by atoms with Crippen LogP contribution in [0.3, 0.4) is 0 Å². The molecule has 2 nitrogen and oxygen atoms in total. The Bertz CT molecular complexity index is 515. The van der Waals surface area contributed by atoms with Gasteiger partial charge in [0, 0.05) is 0 Å². The van der Waals surface area contributed by atoms with E-state index in [1.54, 1.807) is 0 Å². The number of aliphatic hydroxyl groups is 1. The van der Waals surface area contributed by atoms with Gasteiger partial charge in [-0.3, -0.25) is 0 Å². The summed E-state index contributed by atoms with van der Waals surface area (Å²) in [4.78, 5) is 0.192. The molecule has 3 rings (SSSR count). The number of aliphatic hydroxyl groups excluding tert-OH is 1. The number of hydrogen-bond donors (Lipinski definition) is 1. The predicted molar refractivity (Wildman–Crippen MR) is 76.7 cm³/mol. The van der Waals surface area contributed by atoms with Crippen molar-refractivity contribution in [1.82, 2.24) is 0 Å². The molecule has 0 saturated carbocycles. The van der Waals surface area contributed by atoms with Crippen LogP contribution in [0, 0.1) is 0 Å². The van der Waals surface area contributed by atoms with Crippen molar-refractivity contribution in [2.75, 3.05) is 6.61 Å². The molecule has 0 amide bonds. The standard InChI is InChI=1S/C16H16O2Se/c17-14-11-18-15(12-7-3-1-4-8-12)16(14)19-13-9-5-2-6-10-13/h1-10,14-17H,11H2/t14-,15+,16-/m1/s1. The quantitative estimate of drug-likeness (QED) is 0.876. The first-order valence-electron chi connectivity index (χ1n) is 6.41. The normalized spacial score (nSPS) is 26.5. The third kappa shape index (κ3) is 2.90. The zero-order chi connectivity index (χ0) is 13.1. The van der Waals surface area contributed by atoms with Gasteiger partial charge in [0.05, 0.1) is 0 Å². The monoisotopic (exact) mass is 320 g/mol. The van der Waals surface area contributed by atoms with Gasteiger partial charge in [0.15, 0.2) is 0 Å². The summed E-state index contributed by atoms with van der Waals surface area (Å²) in [6, 6.07) is 20.6. The summed E-state index contributed by atoms with van der Waals surface area (Å²) in [7, 11) is 0. The number of hydrogen-bond acceptors (Lipinski definition) is 2. The van der Waals surface area contributed by atoms with Crippen molar-refractivity contribution in [3.8, 4) is 0 Å². The van der Waals surface area contributed by atoms with Crippen molar-refractivity contribution < 1.29 is 9.84 Å². The Hall–Kier alpha value is -1.12. The van der Waals surface area contributed by atoms with Crippen LogP contribution in [-0.2, 0) is 4.74 Å². The van der Waals surface area contributed by atoms with E-state index in [0.29, 0.717) is 6.61 Å². The van der Waals surface area contributed by atoms with Gasteiger partial charge in [-0.1, -0.05) is 0 Å². The van der Waals surface area contributed by atoms with Crippen LogP contribution in [0.15, 0.2) is 60.7 Å². The summed E-state index contributed by atoms with van der Waals surface area (Å²) in [6.45, 7) is 0.443. The van der Waals surface area contributed by atoms with E-state index in [1.165, 1.54) is 10.0 Å². The fourth-order valence-electron chi connectivity index (χ4n) is 2.32. The van der Waals surface area contributed by atoms with E-state index in [0.717, 1.165) is 0 Å². The number of rotatable bonds is 3. The maximum atomic E-state index is 10.2. The summed E-state index contributed by atoms with van der Waals surface area (Å²) in [5.74, 6) is 0. The van der Waals surface area contributed by atoms with Gasteiger partial charge in [0.25, 0.3) is 0 Å². The second-order valence-electron chi connectivity index (χ2n) is 4.63. The van der Waals surface area contributed by atoms with Crippen LogP contribution < -0.4 is 4.46 Å². The summed E-state index contributed by atoms with van der Waals surface area (Å²) < 4.78 is 7.11. The van der Waals surface area contributed by atoms with E-state index in [-0.39, 0.29) is 32.0 Å². The zero-order valence-electron chi connectivity index (χ0n) is 10.5. The number of ether oxygens (including phenoxy) is 1. The molecule has 1 N–H and O–H groups in total. The first-order valence-corrected chi connectivity index (χ1v) is 8.25. The molecule has 1 saturated heterocycles. The average molecular weight is 319 g/mol. The first kappa shape index (κ1) is 12.9. The molecule has 1 aliphatic rings. The topological polar surface area (TPSA) is 29.5 Å². The van der Waals surface area contributed by atoms with Gasteiger partial charge in [0.2, 0.25) is 0 Å². The van der Waals surface area contributed by atoms with Gasteiger partial charge in [-0.25, -0.2) is 0 Å². The molecular formula is C16H16O2Se. The van der Waals surface area contributed by atoms with E-state index in [1.807, 2.05) is 24.3 Å². The van der Waals surface area contributed by atoms with Gasteiger partial charge in [-0.15, -0.1) is 0 Å². The molecule has 0 spiro atoms. The summed E-state index contributed by atoms with van der Waals surface area (Å²) in [5, 5.41) is 10.2. The van der Waals surface area contributed by atoms with Gasteiger partial charge in [0.1, 0.15) is 0 Å². The van der Waals surface area contributed by atoms with Crippen LogP contribution in [0.5, 0.6) is 0 Å². The molecular weight excluding hydrogens is 303 g/mol. The molecule has 1 heterocycles. The minimum atomic E-state index is -0.356. The van der Waals surface area contributed by atoms with Gasteiger partial charge in [-0.2, -0.15) is 0 Å². The molecule has 19 heavy (non-hydrogen) atoms. The minimum absolute atomic E-state index is 0.0245. The Labute approximate surface area is 119 Å². The fourth-order valence-corrected chi connectivity index (χ4v) is 4.89. The Kier molecular flexibility index (Phi) is 4.00. The van der Waals surface area contributed by atoms with Gasteiger partial charge < -0.3 is 0 Å². The third-order valence-electron chi connectivity index (χ3n) is 3.27. The van der Waals surface area contributed by atoms with E-state index in [4.69, 9.17) is 4.74 Å². The molecule has 1 aliphatic heterocycles. The van der Waals surface area contributed by atoms with Crippen LogP contribution in [0.2, 0.25) is 4.82 Å². The molecule has 0 aliphatic carbocycles. The van der Waals surface area contributed by atoms with E-state index in [2.05, 4.69) is 36.4 Å². The Morgan fingerprint density at radius 3 is 2.26 bits per heavy atom. The third-order valence-corrected chi connectivity index (χ3v) is 6.16. The predicted octanol–water partition coefficient (Wildman–Crippen LogP) is 1.94. The van der Waals surface area contributed by atoms with E-state index >= 15 is 0 Å². The van der Waals surface area contributed by atoms with Crippen molar-refractivity contribution in [2.45, 2.75) is 17.0 Å². The number of benzene rings is 2. The molecule has 98 valence electrons. The molecule has 0 bridgehead atoms. The molecule has 2 aromatic carbocycles. The fraction of sp³-hybridized carbons (Fsp3) is 0.250. The van der Waals surface area contributed by atoms with Crippen LogP contribution >= 0.6 is 0 Å². The molecule has 0 unspecified atom stereocenters. The van der Waals surface area contributed by atoms with E-state index < -0.39 is 0 Å². The molecule has 3 atom stereocenters. The Morgan fingerprint density at radius 1 is 0.947 bits per heavy atom. The van der Waals surface area contributed by atoms with Crippen molar-refractivity contribution in [3.05, 3.63) is 66.2 Å².